The van der Waals surface area contributed by atoms with Crippen LogP contribution in [0.3, 0.4) is 0 Å². The summed E-state index contributed by atoms with van der Waals surface area (Å²) in [5.74, 6) is -0.909. The molecular formula is C57H100O6. The highest BCUT2D eigenvalue weighted by atomic mass is 16.6. The van der Waals surface area contributed by atoms with E-state index in [2.05, 4.69) is 81.5 Å². The van der Waals surface area contributed by atoms with Crippen LogP contribution in [0.5, 0.6) is 0 Å². The molecule has 0 aromatic rings. The van der Waals surface area contributed by atoms with E-state index >= 15 is 0 Å². The van der Waals surface area contributed by atoms with Crippen molar-refractivity contribution in [1.29, 1.82) is 0 Å². The van der Waals surface area contributed by atoms with Gasteiger partial charge in [-0.05, 0) is 83.5 Å². The van der Waals surface area contributed by atoms with E-state index in [1.165, 1.54) is 122 Å². The molecule has 0 N–H and O–H groups in total. The first-order valence-corrected chi connectivity index (χ1v) is 26.8. The topological polar surface area (TPSA) is 78.9 Å². The minimum absolute atomic E-state index is 0.0845. The van der Waals surface area contributed by atoms with Gasteiger partial charge in [0.1, 0.15) is 13.2 Å². The fourth-order valence-corrected chi connectivity index (χ4v) is 7.49. The molecule has 0 aromatic heterocycles. The van der Waals surface area contributed by atoms with Crippen LogP contribution in [0, 0.1) is 0 Å². The molecule has 0 unspecified atom stereocenters. The van der Waals surface area contributed by atoms with Crippen LogP contribution >= 0.6 is 0 Å². The van der Waals surface area contributed by atoms with Crippen molar-refractivity contribution in [3.8, 4) is 0 Å². The first-order valence-electron chi connectivity index (χ1n) is 26.8. The number of esters is 3. The van der Waals surface area contributed by atoms with Gasteiger partial charge in [0.05, 0.1) is 0 Å². The molecule has 0 saturated heterocycles. The van der Waals surface area contributed by atoms with Gasteiger partial charge in [0.15, 0.2) is 6.10 Å². The van der Waals surface area contributed by atoms with Crippen molar-refractivity contribution < 1.29 is 28.6 Å². The molecule has 0 radical (unpaired) electrons. The summed E-state index contributed by atoms with van der Waals surface area (Å²) in [7, 11) is 0. The number of rotatable bonds is 48. The zero-order valence-corrected chi connectivity index (χ0v) is 41.6. The quantitative estimate of drug-likeness (QED) is 0.0262. The molecule has 0 spiro atoms. The molecule has 6 nitrogen and oxygen atoms in total. The third kappa shape index (κ3) is 50.0. The first kappa shape index (κ1) is 60.1. The van der Waals surface area contributed by atoms with Crippen LogP contribution in [0.25, 0.3) is 0 Å². The van der Waals surface area contributed by atoms with E-state index in [4.69, 9.17) is 14.2 Å². The summed E-state index contributed by atoms with van der Waals surface area (Å²) in [6, 6.07) is 0. The lowest BCUT2D eigenvalue weighted by atomic mass is 10.0. The first-order chi connectivity index (χ1) is 31.0. The lowest BCUT2D eigenvalue weighted by Gasteiger charge is -2.18. The van der Waals surface area contributed by atoms with Crippen LogP contribution in [-0.2, 0) is 28.6 Å². The van der Waals surface area contributed by atoms with Crippen LogP contribution in [0.15, 0.2) is 60.8 Å². The van der Waals surface area contributed by atoms with Crippen molar-refractivity contribution >= 4 is 17.9 Å². The van der Waals surface area contributed by atoms with E-state index in [1.54, 1.807) is 0 Å². The van der Waals surface area contributed by atoms with E-state index in [-0.39, 0.29) is 31.1 Å². The lowest BCUT2D eigenvalue weighted by Crippen LogP contribution is -2.30. The second kappa shape index (κ2) is 51.7. The number of carbonyl (C=O) groups is 3. The maximum atomic E-state index is 12.8. The molecule has 0 heterocycles. The average Bonchev–Trinajstić information content (AvgIpc) is 3.28. The molecule has 0 amide bonds. The summed E-state index contributed by atoms with van der Waals surface area (Å²) in [5, 5.41) is 0. The summed E-state index contributed by atoms with van der Waals surface area (Å²) in [6.45, 7) is 6.50. The van der Waals surface area contributed by atoms with Gasteiger partial charge >= 0.3 is 17.9 Å². The maximum absolute atomic E-state index is 12.8. The molecule has 6 heteroatoms. The molecule has 0 rings (SSSR count). The van der Waals surface area contributed by atoms with Crippen molar-refractivity contribution in [2.45, 2.75) is 271 Å². The molecule has 63 heavy (non-hydrogen) atoms. The molecule has 0 bridgehead atoms. The summed E-state index contributed by atoms with van der Waals surface area (Å²) in [6.07, 6.45) is 63.4. The van der Waals surface area contributed by atoms with Crippen LogP contribution in [-0.4, -0.2) is 37.2 Å². The molecule has 364 valence electrons. The van der Waals surface area contributed by atoms with E-state index in [9.17, 15) is 14.4 Å². The van der Waals surface area contributed by atoms with Crippen LogP contribution in [0.2, 0.25) is 0 Å². The van der Waals surface area contributed by atoms with Gasteiger partial charge in [0, 0.05) is 19.3 Å². The van der Waals surface area contributed by atoms with Gasteiger partial charge in [-0.3, -0.25) is 14.4 Å². The molecule has 1 atom stereocenters. The number of carbonyl (C=O) groups excluding carboxylic acids is 3. The predicted octanol–water partition coefficient (Wildman–Crippen LogP) is 17.6. The Labute approximate surface area is 390 Å². The van der Waals surface area contributed by atoms with Crippen molar-refractivity contribution in [2.75, 3.05) is 13.2 Å². The monoisotopic (exact) mass is 881 g/mol. The van der Waals surface area contributed by atoms with Crippen LogP contribution < -0.4 is 0 Å². The second-order valence-corrected chi connectivity index (χ2v) is 17.8. The minimum Gasteiger partial charge on any atom is -0.462 e. The Morgan fingerprint density at radius 2 is 0.619 bits per heavy atom. The summed E-state index contributed by atoms with van der Waals surface area (Å²) in [4.78, 5) is 38.0. The van der Waals surface area contributed by atoms with E-state index in [1.807, 2.05) is 0 Å². The molecule has 0 aromatic carbocycles. The zero-order valence-electron chi connectivity index (χ0n) is 41.6. The van der Waals surface area contributed by atoms with Crippen LogP contribution in [0.1, 0.15) is 265 Å². The highest BCUT2D eigenvalue weighted by Crippen LogP contribution is 2.15. The highest BCUT2D eigenvalue weighted by molar-refractivity contribution is 5.71. The third-order valence-corrected chi connectivity index (χ3v) is 11.5. The number of unbranched alkanes of at least 4 members (excludes halogenated alkanes) is 27. The average molecular weight is 881 g/mol. The van der Waals surface area contributed by atoms with E-state index in [0.29, 0.717) is 19.3 Å². The fourth-order valence-electron chi connectivity index (χ4n) is 7.49. The Kier molecular flexibility index (Phi) is 49.4. The van der Waals surface area contributed by atoms with Crippen molar-refractivity contribution in [1.82, 2.24) is 0 Å². The Balaban J connectivity index is 4.41. The smallest absolute Gasteiger partial charge is 0.306 e. The van der Waals surface area contributed by atoms with Crippen molar-refractivity contribution in [2.24, 2.45) is 0 Å². The number of hydrogen-bond donors (Lipinski definition) is 0. The maximum Gasteiger partial charge on any atom is 0.306 e. The fraction of sp³-hybridized carbons (Fsp3) is 0.772. The largest absolute Gasteiger partial charge is 0.462 e. The van der Waals surface area contributed by atoms with E-state index < -0.39 is 6.10 Å². The molecule has 0 aliphatic carbocycles. The van der Waals surface area contributed by atoms with Gasteiger partial charge in [0.2, 0.25) is 0 Å². The molecule has 0 aliphatic rings. The highest BCUT2D eigenvalue weighted by Gasteiger charge is 2.19. The van der Waals surface area contributed by atoms with Gasteiger partial charge in [0.25, 0.3) is 0 Å². The summed E-state index contributed by atoms with van der Waals surface area (Å²) < 4.78 is 16.8. The van der Waals surface area contributed by atoms with Gasteiger partial charge in [-0.25, -0.2) is 0 Å². The zero-order chi connectivity index (χ0) is 45.8. The Bertz CT molecular complexity index is 1150. The lowest BCUT2D eigenvalue weighted by molar-refractivity contribution is -0.167. The molecule has 0 aliphatic heterocycles. The minimum atomic E-state index is -0.785. The van der Waals surface area contributed by atoms with Gasteiger partial charge in [-0.1, -0.05) is 223 Å². The Morgan fingerprint density at radius 1 is 0.333 bits per heavy atom. The number of ether oxygens (including phenoxy) is 3. The number of hydrogen-bond acceptors (Lipinski definition) is 6. The van der Waals surface area contributed by atoms with Gasteiger partial charge < -0.3 is 14.2 Å². The third-order valence-electron chi connectivity index (χ3n) is 11.5. The number of allylic oxidation sites excluding steroid dienone is 10. The standard InChI is InChI=1S/C57H100O6/c1-4-7-10-13-16-19-22-25-27-28-30-33-35-38-41-44-47-50-56(59)62-53-54(63-57(60)51-48-45-42-39-36-31-24-21-18-15-12-9-6-3)52-61-55(58)49-46-43-40-37-34-32-29-26-23-20-17-14-11-8-5-2/h7,10,16,19,25-27,29-30,33,54H,4-6,8-9,11-15,17-18,20-24,28,31-32,34-53H2,1-3H3/b10-7-,19-16-,27-25-,29-26-,33-30-/t54-/m0/s1. The van der Waals surface area contributed by atoms with Crippen LogP contribution in [0.4, 0.5) is 0 Å². The summed E-state index contributed by atoms with van der Waals surface area (Å²) in [5.41, 5.74) is 0. The predicted molar refractivity (Wildman–Crippen MR) is 270 cm³/mol. The Hall–Kier alpha value is -2.89. The normalized spacial score (nSPS) is 12.5. The van der Waals surface area contributed by atoms with E-state index in [0.717, 1.165) is 103 Å². The molecule has 0 saturated carbocycles. The second-order valence-electron chi connectivity index (χ2n) is 17.8. The van der Waals surface area contributed by atoms with Gasteiger partial charge in [-0.15, -0.1) is 0 Å². The molecular weight excluding hydrogens is 781 g/mol. The van der Waals surface area contributed by atoms with Crippen molar-refractivity contribution in [3.63, 3.8) is 0 Å². The van der Waals surface area contributed by atoms with Crippen molar-refractivity contribution in [3.05, 3.63) is 60.8 Å². The SMILES string of the molecule is CC/C=C\C/C=C\C/C=C\C/C=C\CCCCCCC(=O)OC[C@H](COC(=O)CCCCCCC/C=C\CCCCCCCC)OC(=O)CCCCCCCCCCCCCCC. The van der Waals surface area contributed by atoms with Gasteiger partial charge in [-0.2, -0.15) is 0 Å². The summed E-state index contributed by atoms with van der Waals surface area (Å²) >= 11 is 0. The molecule has 0 fully saturated rings. The Morgan fingerprint density at radius 3 is 0.984 bits per heavy atom.